The highest BCUT2D eigenvalue weighted by atomic mass is 32.2. The Morgan fingerprint density at radius 2 is 2.33 bits per heavy atom. The third-order valence-electron chi connectivity index (χ3n) is 2.84. The van der Waals surface area contributed by atoms with Crippen LogP contribution < -0.4 is 5.32 Å². The van der Waals surface area contributed by atoms with Crippen LogP contribution in [-0.2, 0) is 0 Å². The van der Waals surface area contributed by atoms with Gasteiger partial charge in [0.25, 0.3) is 0 Å². The van der Waals surface area contributed by atoms with E-state index in [2.05, 4.69) is 40.8 Å². The van der Waals surface area contributed by atoms with Crippen molar-refractivity contribution in [2.45, 2.75) is 11.3 Å². The summed E-state index contributed by atoms with van der Waals surface area (Å²) in [5.41, 5.74) is 2.72. The number of anilines is 1. The third-order valence-corrected chi connectivity index (χ3v) is 5.14. The molecule has 0 saturated heterocycles. The highest BCUT2D eigenvalue weighted by molar-refractivity contribution is 8.38. The number of para-hydroxylation sites is 1. The quantitative estimate of drug-likeness (QED) is 0.749. The van der Waals surface area contributed by atoms with Crippen molar-refractivity contribution in [1.82, 2.24) is 0 Å². The van der Waals surface area contributed by atoms with Crippen LogP contribution in [0.1, 0.15) is 11.5 Å². The van der Waals surface area contributed by atoms with Gasteiger partial charge in [-0.1, -0.05) is 30.0 Å². The van der Waals surface area contributed by atoms with Crippen LogP contribution in [0.15, 0.2) is 29.3 Å². The Bertz CT molecular complexity index is 417. The summed E-state index contributed by atoms with van der Waals surface area (Å²) in [7, 11) is 0. The number of fused-ring (bicyclic) bond motifs is 3. The second kappa shape index (κ2) is 3.76. The van der Waals surface area contributed by atoms with Crippen LogP contribution in [0.5, 0.6) is 0 Å². The maximum Gasteiger partial charge on any atom is 0.126 e. The lowest BCUT2D eigenvalue weighted by molar-refractivity contribution is 0.732. The standard InChI is InChI=1S/C11H12N2S2/c1-14-11-12-6-8-7-4-2-3-5-9(7)13-10(8)15-11/h2-5,8,10,13H,6H2,1H3. The van der Waals surface area contributed by atoms with Crippen LogP contribution in [0.2, 0.25) is 0 Å². The Morgan fingerprint density at radius 3 is 3.20 bits per heavy atom. The Morgan fingerprint density at radius 1 is 1.47 bits per heavy atom. The van der Waals surface area contributed by atoms with Crippen LogP contribution in [0.4, 0.5) is 5.69 Å². The van der Waals surface area contributed by atoms with Crippen LogP contribution in [-0.4, -0.2) is 22.6 Å². The van der Waals surface area contributed by atoms with E-state index < -0.39 is 0 Å². The first-order chi connectivity index (χ1) is 7.38. The highest BCUT2D eigenvalue weighted by Gasteiger charge is 2.35. The number of thioether (sulfide) groups is 2. The fourth-order valence-corrected chi connectivity index (χ4v) is 3.95. The molecular formula is C11H12N2S2. The summed E-state index contributed by atoms with van der Waals surface area (Å²) in [6, 6.07) is 8.58. The second-order valence-electron chi connectivity index (χ2n) is 3.69. The van der Waals surface area contributed by atoms with Crippen molar-refractivity contribution < 1.29 is 0 Å². The highest BCUT2D eigenvalue weighted by Crippen LogP contribution is 2.44. The van der Waals surface area contributed by atoms with Gasteiger partial charge in [0.05, 0.1) is 11.9 Å². The molecule has 3 rings (SSSR count). The van der Waals surface area contributed by atoms with Crippen molar-refractivity contribution in [3.63, 3.8) is 0 Å². The fourth-order valence-electron chi connectivity index (χ4n) is 2.11. The van der Waals surface area contributed by atoms with E-state index in [0.717, 1.165) is 6.54 Å². The number of hydrogen-bond acceptors (Lipinski definition) is 4. The predicted molar refractivity (Wildman–Crippen MR) is 70.0 cm³/mol. The van der Waals surface area contributed by atoms with Gasteiger partial charge in [0.15, 0.2) is 0 Å². The molecule has 0 aromatic heterocycles. The van der Waals surface area contributed by atoms with Crippen molar-refractivity contribution in [2.24, 2.45) is 4.99 Å². The Balaban J connectivity index is 1.92. The summed E-state index contributed by atoms with van der Waals surface area (Å²) in [6.45, 7) is 0.928. The van der Waals surface area contributed by atoms with Crippen molar-refractivity contribution in [2.75, 3.05) is 18.1 Å². The van der Waals surface area contributed by atoms with Crippen molar-refractivity contribution in [3.8, 4) is 0 Å². The van der Waals surface area contributed by atoms with Gasteiger partial charge in [-0.3, -0.25) is 4.99 Å². The number of nitrogens with one attached hydrogen (secondary N) is 1. The fraction of sp³-hybridized carbons (Fsp3) is 0.364. The molecule has 1 aromatic carbocycles. The maximum atomic E-state index is 4.59. The molecule has 15 heavy (non-hydrogen) atoms. The first-order valence-electron chi connectivity index (χ1n) is 4.99. The van der Waals surface area contributed by atoms with Crippen LogP contribution in [0.25, 0.3) is 0 Å². The molecule has 0 fully saturated rings. The number of aliphatic imine (C=N–C) groups is 1. The molecule has 0 radical (unpaired) electrons. The van der Waals surface area contributed by atoms with Gasteiger partial charge in [0, 0.05) is 11.6 Å². The molecule has 78 valence electrons. The molecule has 0 spiro atoms. The Labute approximate surface area is 97.9 Å². The SMILES string of the molecule is CSC1=NCC2c3ccccc3NC2S1. The monoisotopic (exact) mass is 236 g/mol. The average molecular weight is 236 g/mol. The normalized spacial score (nSPS) is 27.7. The molecule has 2 aliphatic rings. The Kier molecular flexibility index (Phi) is 2.41. The van der Waals surface area contributed by atoms with Crippen molar-refractivity contribution in [3.05, 3.63) is 29.8 Å². The minimum absolute atomic E-state index is 0.488. The molecule has 2 unspecified atom stereocenters. The van der Waals surface area contributed by atoms with Gasteiger partial charge in [-0.05, 0) is 17.9 Å². The second-order valence-corrected chi connectivity index (χ2v) is 5.87. The van der Waals surface area contributed by atoms with Gasteiger partial charge >= 0.3 is 0 Å². The summed E-state index contributed by atoms with van der Waals surface area (Å²) in [5, 5.41) is 4.06. The molecule has 0 saturated carbocycles. The van der Waals surface area contributed by atoms with E-state index in [0.29, 0.717) is 11.3 Å². The first kappa shape index (κ1) is 9.60. The molecule has 2 atom stereocenters. The minimum Gasteiger partial charge on any atom is -0.372 e. The molecule has 1 aromatic rings. The summed E-state index contributed by atoms with van der Waals surface area (Å²) in [4.78, 5) is 4.59. The zero-order valence-electron chi connectivity index (χ0n) is 8.43. The van der Waals surface area contributed by atoms with Crippen LogP contribution in [0.3, 0.4) is 0 Å². The molecule has 0 amide bonds. The average Bonchev–Trinajstić information content (AvgIpc) is 2.66. The largest absolute Gasteiger partial charge is 0.372 e. The zero-order chi connectivity index (χ0) is 10.3. The summed E-state index contributed by atoms with van der Waals surface area (Å²) in [6.07, 6.45) is 2.09. The van der Waals surface area contributed by atoms with Crippen molar-refractivity contribution in [1.29, 1.82) is 0 Å². The molecule has 1 N–H and O–H groups in total. The van der Waals surface area contributed by atoms with Crippen LogP contribution >= 0.6 is 23.5 Å². The minimum atomic E-state index is 0.488. The number of nitrogens with zero attached hydrogens (tertiary/aromatic N) is 1. The molecule has 0 aliphatic carbocycles. The number of rotatable bonds is 0. The van der Waals surface area contributed by atoms with Crippen LogP contribution in [0, 0.1) is 0 Å². The Hall–Kier alpha value is -0.610. The maximum absolute atomic E-state index is 4.59. The van der Waals surface area contributed by atoms with Gasteiger partial charge in [0.1, 0.15) is 4.38 Å². The van der Waals surface area contributed by atoms with Gasteiger partial charge in [-0.2, -0.15) is 0 Å². The van der Waals surface area contributed by atoms with Gasteiger partial charge in [0.2, 0.25) is 0 Å². The molecule has 2 aliphatic heterocycles. The summed E-state index contributed by atoms with van der Waals surface area (Å²) < 4.78 is 1.21. The molecule has 2 heterocycles. The van der Waals surface area contributed by atoms with E-state index in [1.165, 1.54) is 15.6 Å². The molecule has 2 nitrogen and oxygen atoms in total. The first-order valence-corrected chi connectivity index (χ1v) is 7.09. The lowest BCUT2D eigenvalue weighted by atomic mass is 10.0. The number of hydrogen-bond donors (Lipinski definition) is 1. The molecular weight excluding hydrogens is 224 g/mol. The van der Waals surface area contributed by atoms with Gasteiger partial charge in [-0.15, -0.1) is 11.8 Å². The van der Waals surface area contributed by atoms with E-state index in [1.54, 1.807) is 11.8 Å². The predicted octanol–water partition coefficient (Wildman–Crippen LogP) is 2.99. The topological polar surface area (TPSA) is 24.4 Å². The lowest BCUT2D eigenvalue weighted by Gasteiger charge is -2.23. The van der Waals surface area contributed by atoms with Crippen molar-refractivity contribution >= 4 is 33.6 Å². The third kappa shape index (κ3) is 1.56. The summed E-state index contributed by atoms with van der Waals surface area (Å²) >= 11 is 3.61. The molecule has 4 heteroatoms. The summed E-state index contributed by atoms with van der Waals surface area (Å²) in [5.74, 6) is 0.557. The smallest absolute Gasteiger partial charge is 0.126 e. The lowest BCUT2D eigenvalue weighted by Crippen LogP contribution is -2.24. The van der Waals surface area contributed by atoms with E-state index in [4.69, 9.17) is 0 Å². The van der Waals surface area contributed by atoms with E-state index in [-0.39, 0.29) is 0 Å². The van der Waals surface area contributed by atoms with E-state index in [1.807, 2.05) is 11.8 Å². The van der Waals surface area contributed by atoms with E-state index >= 15 is 0 Å². The zero-order valence-corrected chi connectivity index (χ0v) is 10.1. The molecule has 0 bridgehead atoms. The van der Waals surface area contributed by atoms with Gasteiger partial charge < -0.3 is 5.32 Å². The van der Waals surface area contributed by atoms with Gasteiger partial charge in [-0.25, -0.2) is 0 Å². The van der Waals surface area contributed by atoms with E-state index in [9.17, 15) is 0 Å². The number of benzene rings is 1.